The summed E-state index contributed by atoms with van der Waals surface area (Å²) in [5.74, 6) is 0. The maximum atomic E-state index is 11.3. The van der Waals surface area contributed by atoms with Crippen LogP contribution >= 0.6 is 11.3 Å². The SMILES string of the molecule is N#Cc1ccc(N2CCCC2c2cccs2)c([N+](=O)[O-])c1. The summed E-state index contributed by atoms with van der Waals surface area (Å²) in [6.07, 6.45) is 2.01. The molecule has 0 spiro atoms. The average Bonchev–Trinajstić information content (AvgIpc) is 3.17. The number of rotatable bonds is 3. The van der Waals surface area contributed by atoms with Gasteiger partial charge in [-0.3, -0.25) is 10.1 Å². The molecule has 1 aliphatic rings. The lowest BCUT2D eigenvalue weighted by Gasteiger charge is -2.25. The molecule has 1 atom stereocenters. The molecule has 21 heavy (non-hydrogen) atoms. The molecule has 3 rings (SSSR count). The van der Waals surface area contributed by atoms with Gasteiger partial charge in [-0.15, -0.1) is 11.3 Å². The molecule has 0 radical (unpaired) electrons. The highest BCUT2D eigenvalue weighted by molar-refractivity contribution is 7.10. The third kappa shape index (κ3) is 2.48. The van der Waals surface area contributed by atoms with Crippen LogP contribution in [0.3, 0.4) is 0 Å². The van der Waals surface area contributed by atoms with Crippen molar-refractivity contribution in [2.24, 2.45) is 0 Å². The van der Waals surface area contributed by atoms with Gasteiger partial charge in [0.25, 0.3) is 5.69 Å². The van der Waals surface area contributed by atoms with Crippen molar-refractivity contribution in [2.45, 2.75) is 18.9 Å². The van der Waals surface area contributed by atoms with E-state index in [2.05, 4.69) is 11.0 Å². The van der Waals surface area contributed by atoms with Gasteiger partial charge >= 0.3 is 0 Å². The number of nitro groups is 1. The normalized spacial score (nSPS) is 17.7. The summed E-state index contributed by atoms with van der Waals surface area (Å²) in [4.78, 5) is 14.2. The maximum Gasteiger partial charge on any atom is 0.293 e. The highest BCUT2D eigenvalue weighted by Gasteiger charge is 2.31. The molecule has 1 unspecified atom stereocenters. The van der Waals surface area contributed by atoms with Gasteiger partial charge in [0.2, 0.25) is 0 Å². The molecule has 6 heteroatoms. The van der Waals surface area contributed by atoms with Crippen LogP contribution in [0, 0.1) is 21.4 Å². The van der Waals surface area contributed by atoms with Crippen molar-refractivity contribution >= 4 is 22.7 Å². The predicted octanol–water partition coefficient (Wildman–Crippen LogP) is 3.87. The molecule has 1 aromatic carbocycles. The van der Waals surface area contributed by atoms with E-state index in [9.17, 15) is 10.1 Å². The molecular weight excluding hydrogens is 286 g/mol. The van der Waals surface area contributed by atoms with Gasteiger partial charge in [0.15, 0.2) is 0 Å². The smallest absolute Gasteiger partial charge is 0.293 e. The summed E-state index contributed by atoms with van der Waals surface area (Å²) in [5, 5.41) is 22.3. The van der Waals surface area contributed by atoms with Crippen LogP contribution in [0.2, 0.25) is 0 Å². The number of hydrogen-bond donors (Lipinski definition) is 0. The summed E-state index contributed by atoms with van der Waals surface area (Å²) in [6.45, 7) is 0.801. The first-order chi connectivity index (χ1) is 10.2. The van der Waals surface area contributed by atoms with Gasteiger partial charge in [0.1, 0.15) is 5.69 Å². The number of thiophene rings is 1. The Kier molecular flexibility index (Phi) is 3.59. The van der Waals surface area contributed by atoms with Gasteiger partial charge in [-0.1, -0.05) is 6.07 Å². The van der Waals surface area contributed by atoms with Crippen LogP contribution in [0.25, 0.3) is 0 Å². The monoisotopic (exact) mass is 299 g/mol. The van der Waals surface area contributed by atoms with E-state index < -0.39 is 4.92 Å². The molecule has 2 aromatic rings. The lowest BCUT2D eigenvalue weighted by atomic mass is 10.1. The zero-order chi connectivity index (χ0) is 14.8. The van der Waals surface area contributed by atoms with E-state index in [1.165, 1.54) is 10.9 Å². The lowest BCUT2D eigenvalue weighted by Crippen LogP contribution is -2.22. The fraction of sp³-hybridized carbons (Fsp3) is 0.267. The minimum absolute atomic E-state index is 0.0116. The third-order valence-corrected chi connectivity index (χ3v) is 4.71. The summed E-state index contributed by atoms with van der Waals surface area (Å²) < 4.78 is 0. The van der Waals surface area contributed by atoms with E-state index in [1.807, 2.05) is 17.5 Å². The fourth-order valence-electron chi connectivity index (χ4n) is 2.81. The Morgan fingerprint density at radius 2 is 2.29 bits per heavy atom. The zero-order valence-corrected chi connectivity index (χ0v) is 12.0. The van der Waals surface area contributed by atoms with Crippen molar-refractivity contribution in [3.8, 4) is 6.07 Å². The Balaban J connectivity index is 2.03. The van der Waals surface area contributed by atoms with Gasteiger partial charge in [-0.05, 0) is 36.4 Å². The van der Waals surface area contributed by atoms with Crippen LogP contribution in [0.15, 0.2) is 35.7 Å². The van der Waals surface area contributed by atoms with E-state index in [0.29, 0.717) is 11.3 Å². The number of hydrogen-bond acceptors (Lipinski definition) is 5. The molecule has 106 valence electrons. The molecule has 1 aromatic heterocycles. The number of nitro benzene ring substituents is 1. The van der Waals surface area contributed by atoms with Gasteiger partial charge in [-0.2, -0.15) is 5.26 Å². The Hall–Kier alpha value is -2.39. The maximum absolute atomic E-state index is 11.3. The van der Waals surface area contributed by atoms with Crippen LogP contribution in [-0.2, 0) is 0 Å². The molecule has 5 nitrogen and oxygen atoms in total. The second-order valence-electron chi connectivity index (χ2n) is 4.94. The number of nitriles is 1. The lowest BCUT2D eigenvalue weighted by molar-refractivity contribution is -0.384. The van der Waals surface area contributed by atoms with Crippen molar-refractivity contribution in [2.75, 3.05) is 11.4 Å². The summed E-state index contributed by atoms with van der Waals surface area (Å²) in [7, 11) is 0. The Labute approximate surface area is 126 Å². The van der Waals surface area contributed by atoms with E-state index in [-0.39, 0.29) is 11.7 Å². The van der Waals surface area contributed by atoms with Crippen LogP contribution in [-0.4, -0.2) is 11.5 Å². The van der Waals surface area contributed by atoms with Crippen LogP contribution in [0.4, 0.5) is 11.4 Å². The zero-order valence-electron chi connectivity index (χ0n) is 11.2. The Morgan fingerprint density at radius 1 is 1.43 bits per heavy atom. The highest BCUT2D eigenvalue weighted by atomic mass is 32.1. The first-order valence-corrected chi connectivity index (χ1v) is 7.57. The quantitative estimate of drug-likeness (QED) is 0.637. The summed E-state index contributed by atoms with van der Waals surface area (Å²) in [5.41, 5.74) is 0.935. The van der Waals surface area contributed by atoms with E-state index in [1.54, 1.807) is 23.5 Å². The first-order valence-electron chi connectivity index (χ1n) is 6.69. The van der Waals surface area contributed by atoms with Crippen molar-refractivity contribution in [1.29, 1.82) is 5.26 Å². The second kappa shape index (κ2) is 5.54. The minimum Gasteiger partial charge on any atom is -0.358 e. The standard InChI is InChI=1S/C15H13N3O2S/c16-10-11-5-6-12(14(9-11)18(19)20)17-7-1-3-13(17)15-4-2-8-21-15/h2,4-6,8-9,13H,1,3,7H2. The second-order valence-corrected chi connectivity index (χ2v) is 5.92. The molecule has 0 aliphatic carbocycles. The van der Waals surface area contributed by atoms with Crippen LogP contribution in [0.1, 0.15) is 29.3 Å². The molecule has 1 saturated heterocycles. The minimum atomic E-state index is -0.403. The van der Waals surface area contributed by atoms with E-state index in [4.69, 9.17) is 5.26 Å². The molecule has 0 N–H and O–H groups in total. The summed E-state index contributed by atoms with van der Waals surface area (Å²) in [6, 6.07) is 10.9. The Bertz CT molecular complexity index is 706. The molecular formula is C15H13N3O2S. The molecule has 2 heterocycles. The van der Waals surface area contributed by atoms with Crippen molar-refractivity contribution in [3.63, 3.8) is 0 Å². The van der Waals surface area contributed by atoms with Crippen LogP contribution in [0.5, 0.6) is 0 Å². The fourth-order valence-corrected chi connectivity index (χ4v) is 3.69. The number of anilines is 1. The predicted molar refractivity (Wildman–Crippen MR) is 81.5 cm³/mol. The molecule has 0 amide bonds. The first kappa shape index (κ1) is 13.6. The molecule has 0 bridgehead atoms. The third-order valence-electron chi connectivity index (χ3n) is 3.74. The van der Waals surface area contributed by atoms with Crippen molar-refractivity contribution in [3.05, 3.63) is 56.3 Å². The van der Waals surface area contributed by atoms with Crippen molar-refractivity contribution < 1.29 is 4.92 Å². The molecule has 1 aliphatic heterocycles. The number of nitrogens with zero attached hydrogens (tertiary/aromatic N) is 3. The van der Waals surface area contributed by atoms with Gasteiger partial charge < -0.3 is 4.90 Å². The Morgan fingerprint density at radius 3 is 2.95 bits per heavy atom. The largest absolute Gasteiger partial charge is 0.358 e. The number of benzene rings is 1. The van der Waals surface area contributed by atoms with Crippen LogP contribution < -0.4 is 4.90 Å². The summed E-state index contributed by atoms with van der Waals surface area (Å²) >= 11 is 1.68. The topological polar surface area (TPSA) is 70.2 Å². The van der Waals surface area contributed by atoms with Crippen molar-refractivity contribution in [1.82, 2.24) is 0 Å². The van der Waals surface area contributed by atoms with Gasteiger partial charge in [-0.25, -0.2) is 0 Å². The van der Waals surface area contributed by atoms with E-state index >= 15 is 0 Å². The molecule has 0 saturated carbocycles. The average molecular weight is 299 g/mol. The van der Waals surface area contributed by atoms with Gasteiger partial charge in [0, 0.05) is 17.5 Å². The van der Waals surface area contributed by atoms with E-state index in [0.717, 1.165) is 19.4 Å². The van der Waals surface area contributed by atoms with Gasteiger partial charge in [0.05, 0.1) is 22.6 Å². The molecule has 1 fully saturated rings. The highest BCUT2D eigenvalue weighted by Crippen LogP contribution is 2.41.